The summed E-state index contributed by atoms with van der Waals surface area (Å²) in [5.41, 5.74) is 0.617. The first-order valence-corrected chi connectivity index (χ1v) is 5.56. The van der Waals surface area contributed by atoms with Crippen molar-refractivity contribution in [2.45, 2.75) is 19.8 Å². The van der Waals surface area contributed by atoms with Crippen molar-refractivity contribution in [1.82, 2.24) is 9.88 Å². The lowest BCUT2D eigenvalue weighted by Crippen LogP contribution is -2.21. The van der Waals surface area contributed by atoms with Gasteiger partial charge in [0.25, 0.3) is 5.91 Å². The Labute approximate surface area is 96.7 Å². The Hall–Kier alpha value is -1.58. The molecule has 0 aliphatic heterocycles. The van der Waals surface area contributed by atoms with E-state index in [9.17, 15) is 4.79 Å². The minimum Gasteiger partial charge on any atom is -0.370 e. The Morgan fingerprint density at radius 3 is 2.69 bits per heavy atom. The Bertz CT molecular complexity index is 333. The van der Waals surface area contributed by atoms with Crippen LogP contribution in [0.1, 0.15) is 30.1 Å². The summed E-state index contributed by atoms with van der Waals surface area (Å²) < 4.78 is 0. The van der Waals surface area contributed by atoms with Gasteiger partial charge in [0.1, 0.15) is 5.82 Å². The van der Waals surface area contributed by atoms with Crippen molar-refractivity contribution in [2.24, 2.45) is 0 Å². The fourth-order valence-corrected chi connectivity index (χ4v) is 1.28. The molecule has 1 amide bonds. The van der Waals surface area contributed by atoms with Crippen LogP contribution in [0.25, 0.3) is 0 Å². The topological polar surface area (TPSA) is 45.2 Å². The van der Waals surface area contributed by atoms with Gasteiger partial charge in [-0.1, -0.05) is 13.3 Å². The number of carbonyl (C=O) groups excluding carboxylic acids is 1. The number of amides is 1. The van der Waals surface area contributed by atoms with E-state index >= 15 is 0 Å². The maximum atomic E-state index is 11.6. The maximum absolute atomic E-state index is 11.6. The predicted molar refractivity (Wildman–Crippen MR) is 65.7 cm³/mol. The zero-order valence-electron chi connectivity index (χ0n) is 10.2. The van der Waals surface area contributed by atoms with E-state index in [2.05, 4.69) is 17.2 Å². The lowest BCUT2D eigenvalue weighted by molar-refractivity contribution is 0.0827. The lowest BCUT2D eigenvalue weighted by Gasteiger charge is -2.10. The Kier molecular flexibility index (Phi) is 4.76. The van der Waals surface area contributed by atoms with Crippen LogP contribution in [0.4, 0.5) is 5.82 Å². The number of aromatic nitrogens is 1. The molecule has 0 aromatic carbocycles. The molecule has 1 aromatic heterocycles. The largest absolute Gasteiger partial charge is 0.370 e. The number of nitrogens with zero attached hydrogens (tertiary/aromatic N) is 2. The van der Waals surface area contributed by atoms with Crippen LogP contribution in [0.2, 0.25) is 0 Å². The van der Waals surface area contributed by atoms with Crippen LogP contribution in [-0.2, 0) is 0 Å². The summed E-state index contributed by atoms with van der Waals surface area (Å²) in [5, 5.41) is 3.20. The molecule has 1 aromatic rings. The van der Waals surface area contributed by atoms with Gasteiger partial charge in [0, 0.05) is 26.8 Å². The molecule has 0 unspecified atom stereocenters. The second-order valence-electron chi connectivity index (χ2n) is 3.91. The maximum Gasteiger partial charge on any atom is 0.254 e. The van der Waals surface area contributed by atoms with E-state index in [0.29, 0.717) is 5.56 Å². The van der Waals surface area contributed by atoms with Gasteiger partial charge in [-0.25, -0.2) is 4.98 Å². The highest BCUT2D eigenvalue weighted by molar-refractivity contribution is 5.93. The average Bonchev–Trinajstić information content (AvgIpc) is 2.29. The van der Waals surface area contributed by atoms with Crippen molar-refractivity contribution >= 4 is 11.7 Å². The molecule has 0 atom stereocenters. The second-order valence-corrected chi connectivity index (χ2v) is 3.91. The van der Waals surface area contributed by atoms with Gasteiger partial charge in [-0.05, 0) is 18.6 Å². The number of carbonyl (C=O) groups is 1. The third kappa shape index (κ3) is 3.53. The Morgan fingerprint density at radius 2 is 2.19 bits per heavy atom. The monoisotopic (exact) mass is 221 g/mol. The van der Waals surface area contributed by atoms with Gasteiger partial charge in [-0.3, -0.25) is 4.79 Å². The molecule has 0 aliphatic rings. The number of rotatable bonds is 5. The number of hydrogen-bond acceptors (Lipinski definition) is 3. The SMILES string of the molecule is CCCCNc1ccc(C(=O)N(C)C)cn1. The van der Waals surface area contributed by atoms with Crippen molar-refractivity contribution < 1.29 is 4.79 Å². The molecule has 4 nitrogen and oxygen atoms in total. The first-order chi connectivity index (χ1) is 7.65. The highest BCUT2D eigenvalue weighted by Crippen LogP contribution is 2.06. The standard InChI is InChI=1S/C12H19N3O/c1-4-5-8-13-11-7-6-10(9-14-11)12(16)15(2)3/h6-7,9H,4-5,8H2,1-3H3,(H,13,14). The molecule has 1 N–H and O–H groups in total. The zero-order chi connectivity index (χ0) is 12.0. The van der Waals surface area contributed by atoms with Crippen molar-refractivity contribution in [2.75, 3.05) is 26.0 Å². The highest BCUT2D eigenvalue weighted by Gasteiger charge is 2.07. The fourth-order valence-electron chi connectivity index (χ4n) is 1.28. The van der Waals surface area contributed by atoms with Crippen LogP contribution >= 0.6 is 0 Å². The summed E-state index contributed by atoms with van der Waals surface area (Å²) in [6.07, 6.45) is 3.89. The van der Waals surface area contributed by atoms with E-state index in [1.807, 2.05) is 6.07 Å². The summed E-state index contributed by atoms with van der Waals surface area (Å²) in [6.45, 7) is 3.07. The van der Waals surface area contributed by atoms with Crippen LogP contribution in [0, 0.1) is 0 Å². The third-order valence-electron chi connectivity index (χ3n) is 2.25. The quantitative estimate of drug-likeness (QED) is 0.773. The lowest BCUT2D eigenvalue weighted by atomic mass is 10.2. The number of anilines is 1. The van der Waals surface area contributed by atoms with E-state index < -0.39 is 0 Å². The fraction of sp³-hybridized carbons (Fsp3) is 0.500. The number of nitrogens with one attached hydrogen (secondary N) is 1. The predicted octanol–water partition coefficient (Wildman–Crippen LogP) is 2.00. The number of pyridine rings is 1. The van der Waals surface area contributed by atoms with E-state index in [0.717, 1.165) is 25.2 Å². The van der Waals surface area contributed by atoms with Gasteiger partial charge >= 0.3 is 0 Å². The molecule has 0 radical (unpaired) electrons. The van der Waals surface area contributed by atoms with E-state index in [1.54, 1.807) is 31.3 Å². The molecule has 1 heterocycles. The molecular formula is C12H19N3O. The van der Waals surface area contributed by atoms with Crippen LogP contribution in [0.15, 0.2) is 18.3 Å². The van der Waals surface area contributed by atoms with Gasteiger partial charge in [0.05, 0.1) is 5.56 Å². The van der Waals surface area contributed by atoms with Gasteiger partial charge < -0.3 is 10.2 Å². The molecule has 1 rings (SSSR count). The van der Waals surface area contributed by atoms with Crippen LogP contribution in [-0.4, -0.2) is 36.4 Å². The van der Waals surface area contributed by atoms with E-state index in [4.69, 9.17) is 0 Å². The van der Waals surface area contributed by atoms with Crippen molar-refractivity contribution in [3.8, 4) is 0 Å². The van der Waals surface area contributed by atoms with Gasteiger partial charge in [0.2, 0.25) is 0 Å². The summed E-state index contributed by atoms with van der Waals surface area (Å²) in [4.78, 5) is 17.3. The Morgan fingerprint density at radius 1 is 1.44 bits per heavy atom. The minimum absolute atomic E-state index is 0.0207. The number of unbranched alkanes of at least 4 members (excludes halogenated alkanes) is 1. The third-order valence-corrected chi connectivity index (χ3v) is 2.25. The van der Waals surface area contributed by atoms with Crippen LogP contribution < -0.4 is 5.32 Å². The molecule has 4 heteroatoms. The van der Waals surface area contributed by atoms with Crippen molar-refractivity contribution in [3.63, 3.8) is 0 Å². The minimum atomic E-state index is -0.0207. The summed E-state index contributed by atoms with van der Waals surface area (Å²) in [6, 6.07) is 3.63. The molecule has 16 heavy (non-hydrogen) atoms. The van der Waals surface area contributed by atoms with E-state index in [1.165, 1.54) is 0 Å². The summed E-state index contributed by atoms with van der Waals surface area (Å²) in [7, 11) is 3.46. The average molecular weight is 221 g/mol. The van der Waals surface area contributed by atoms with Crippen LogP contribution in [0.5, 0.6) is 0 Å². The first kappa shape index (κ1) is 12.5. The molecule has 0 spiro atoms. The molecule has 0 fully saturated rings. The highest BCUT2D eigenvalue weighted by atomic mass is 16.2. The molecular weight excluding hydrogens is 202 g/mol. The normalized spacial score (nSPS) is 9.94. The smallest absolute Gasteiger partial charge is 0.254 e. The van der Waals surface area contributed by atoms with Gasteiger partial charge in [-0.2, -0.15) is 0 Å². The van der Waals surface area contributed by atoms with Crippen molar-refractivity contribution in [3.05, 3.63) is 23.9 Å². The van der Waals surface area contributed by atoms with Gasteiger partial charge in [-0.15, -0.1) is 0 Å². The van der Waals surface area contributed by atoms with E-state index in [-0.39, 0.29) is 5.91 Å². The molecule has 0 aliphatic carbocycles. The number of hydrogen-bond donors (Lipinski definition) is 1. The summed E-state index contributed by atoms with van der Waals surface area (Å²) in [5.74, 6) is 0.802. The second kappa shape index (κ2) is 6.10. The zero-order valence-corrected chi connectivity index (χ0v) is 10.2. The molecule has 0 saturated carbocycles. The molecule has 88 valence electrons. The first-order valence-electron chi connectivity index (χ1n) is 5.56. The molecule has 0 saturated heterocycles. The van der Waals surface area contributed by atoms with Gasteiger partial charge in [0.15, 0.2) is 0 Å². The summed E-state index contributed by atoms with van der Waals surface area (Å²) >= 11 is 0. The van der Waals surface area contributed by atoms with Crippen molar-refractivity contribution in [1.29, 1.82) is 0 Å². The molecule has 0 bridgehead atoms. The Balaban J connectivity index is 2.57. The van der Waals surface area contributed by atoms with Crippen LogP contribution in [0.3, 0.4) is 0 Å².